The Morgan fingerprint density at radius 1 is 1.38 bits per heavy atom. The quantitative estimate of drug-likeness (QED) is 0.379. The fourth-order valence-electron chi connectivity index (χ4n) is 3.00. The summed E-state index contributed by atoms with van der Waals surface area (Å²) in [7, 11) is 1.87. The van der Waals surface area contributed by atoms with E-state index in [0.29, 0.717) is 17.8 Å². The van der Waals surface area contributed by atoms with E-state index in [0.717, 1.165) is 5.82 Å². The SMILES string of the molecule is C=[N+](N=C1C=CC(=O)C2C=C(C(=O)O)[C-](C)[N+](=C)[C-]12)c1cccc[n+]1C. The van der Waals surface area contributed by atoms with Crippen molar-refractivity contribution >= 4 is 36.7 Å². The van der Waals surface area contributed by atoms with E-state index in [2.05, 4.69) is 18.5 Å². The van der Waals surface area contributed by atoms with E-state index in [1.807, 2.05) is 36.0 Å². The smallest absolute Gasteiger partial charge is 0.473 e. The molecule has 7 nitrogen and oxygen atoms in total. The van der Waals surface area contributed by atoms with Gasteiger partial charge in [0.05, 0.1) is 12.1 Å². The Balaban J connectivity index is 2.05. The van der Waals surface area contributed by atoms with Gasteiger partial charge >= 0.3 is 5.82 Å². The number of ketones is 1. The largest absolute Gasteiger partial charge is 0.546 e. The third kappa shape index (κ3) is 2.83. The fourth-order valence-corrected chi connectivity index (χ4v) is 3.00. The molecule has 0 fully saturated rings. The average Bonchev–Trinajstić information content (AvgIpc) is 2.60. The first-order valence-electron chi connectivity index (χ1n) is 7.94. The zero-order valence-corrected chi connectivity index (χ0v) is 14.6. The molecule has 0 spiro atoms. The van der Waals surface area contributed by atoms with E-state index in [-0.39, 0.29) is 11.4 Å². The lowest BCUT2D eigenvalue weighted by molar-refractivity contribution is -0.723. The number of carbonyl (C=O) groups is 2. The number of nitrogens with zero attached hydrogens (tertiary/aromatic N) is 4. The highest BCUT2D eigenvalue weighted by molar-refractivity contribution is 6.16. The maximum atomic E-state index is 12.3. The Hall–Kier alpha value is -3.48. The Bertz CT molecular complexity index is 926. The highest BCUT2D eigenvalue weighted by atomic mass is 16.4. The van der Waals surface area contributed by atoms with Gasteiger partial charge in [-0.2, -0.15) is 6.08 Å². The van der Waals surface area contributed by atoms with Gasteiger partial charge in [0, 0.05) is 29.8 Å². The zero-order valence-electron chi connectivity index (χ0n) is 14.6. The Morgan fingerprint density at radius 2 is 2.12 bits per heavy atom. The van der Waals surface area contributed by atoms with Crippen LogP contribution in [0, 0.1) is 18.0 Å². The van der Waals surface area contributed by atoms with E-state index in [9.17, 15) is 14.7 Å². The lowest BCUT2D eigenvalue weighted by Gasteiger charge is -2.41. The maximum Gasteiger partial charge on any atom is 0.473 e. The van der Waals surface area contributed by atoms with Gasteiger partial charge in [-0.15, -0.1) is 4.57 Å². The molecular formula is C19H19N4O3+. The van der Waals surface area contributed by atoms with Crippen LogP contribution in [0.1, 0.15) is 6.92 Å². The number of hydrogen-bond donors (Lipinski definition) is 1. The number of aryl methyl sites for hydroxylation is 1. The normalized spacial score (nSPS) is 20.9. The molecule has 0 amide bonds. The molecule has 1 aromatic heterocycles. The molecule has 2 heterocycles. The second-order valence-corrected chi connectivity index (χ2v) is 6.05. The summed E-state index contributed by atoms with van der Waals surface area (Å²) < 4.78 is 4.78. The Kier molecular flexibility index (Phi) is 4.29. The average molecular weight is 351 g/mol. The second kappa shape index (κ2) is 6.44. The first kappa shape index (κ1) is 17.3. The number of aliphatic carboxylic acids is 1. The van der Waals surface area contributed by atoms with Gasteiger partial charge in [0.2, 0.25) is 0 Å². The molecule has 1 aliphatic heterocycles. The summed E-state index contributed by atoms with van der Waals surface area (Å²) in [5.41, 5.74) is 0.571. The van der Waals surface area contributed by atoms with Crippen LogP contribution in [0.4, 0.5) is 5.82 Å². The number of carboxylic acids is 1. The van der Waals surface area contributed by atoms with Gasteiger partial charge < -0.3 is 14.5 Å². The van der Waals surface area contributed by atoms with Crippen molar-refractivity contribution in [1.29, 1.82) is 0 Å². The van der Waals surface area contributed by atoms with Crippen molar-refractivity contribution in [3.63, 3.8) is 0 Å². The molecule has 3 rings (SSSR count). The maximum absolute atomic E-state index is 12.3. The molecule has 1 unspecified atom stereocenters. The van der Waals surface area contributed by atoms with Gasteiger partial charge in [-0.05, 0) is 29.8 Å². The standard InChI is InChI=1S/C19H18N4O3/c1-12-13(19(25)26)11-14-16(24)9-8-15(18(14)22(12)3)20-23(4)17-7-5-6-10-21(17)2/h5-11,14H,3-4H2,1-2H3/p+1. The molecule has 0 saturated carbocycles. The third-order valence-corrected chi connectivity index (χ3v) is 4.44. The Morgan fingerprint density at radius 3 is 2.77 bits per heavy atom. The fraction of sp³-hybridized carbons (Fsp3) is 0.158. The number of hydrazone groups is 1. The molecule has 0 bridgehead atoms. The number of carbonyl (C=O) groups excluding carboxylic acids is 1. The molecule has 0 radical (unpaired) electrons. The predicted octanol–water partition coefficient (Wildman–Crippen LogP) is 0.788. The zero-order chi connectivity index (χ0) is 19.0. The lowest BCUT2D eigenvalue weighted by Crippen LogP contribution is -2.43. The molecule has 26 heavy (non-hydrogen) atoms. The highest BCUT2D eigenvalue weighted by Gasteiger charge is 2.38. The number of pyridine rings is 1. The minimum absolute atomic E-state index is 0.0673. The van der Waals surface area contributed by atoms with Crippen LogP contribution in [-0.2, 0) is 16.6 Å². The summed E-state index contributed by atoms with van der Waals surface area (Å²) in [5, 5.41) is 13.9. The summed E-state index contributed by atoms with van der Waals surface area (Å²) in [5.74, 6) is -1.29. The van der Waals surface area contributed by atoms with Crippen LogP contribution >= 0.6 is 0 Å². The van der Waals surface area contributed by atoms with E-state index < -0.39 is 11.9 Å². The number of allylic oxidation sites excluding steroid dienone is 1. The van der Waals surface area contributed by atoms with Crippen LogP contribution in [0.2, 0.25) is 0 Å². The number of hydrogen-bond acceptors (Lipinski definition) is 3. The van der Waals surface area contributed by atoms with Gasteiger partial charge in [-0.1, -0.05) is 5.57 Å². The van der Waals surface area contributed by atoms with Gasteiger partial charge in [0.15, 0.2) is 18.9 Å². The van der Waals surface area contributed by atoms with E-state index in [1.165, 1.54) is 21.4 Å². The molecule has 1 N–H and O–H groups in total. The molecule has 0 saturated heterocycles. The number of aromatic nitrogens is 1. The van der Waals surface area contributed by atoms with Crippen molar-refractivity contribution in [2.45, 2.75) is 6.92 Å². The number of carboxylic acid groups (broad SMARTS) is 1. The molecule has 1 atom stereocenters. The first-order valence-corrected chi connectivity index (χ1v) is 7.94. The summed E-state index contributed by atoms with van der Waals surface area (Å²) in [4.78, 5) is 23.7. The lowest BCUT2D eigenvalue weighted by atomic mass is 9.80. The molecule has 1 aromatic rings. The van der Waals surface area contributed by atoms with Crippen molar-refractivity contribution in [3.8, 4) is 0 Å². The van der Waals surface area contributed by atoms with Gasteiger partial charge in [0.25, 0.3) is 0 Å². The molecule has 0 aromatic carbocycles. The summed E-state index contributed by atoms with van der Waals surface area (Å²) in [6.45, 7) is 9.52. The minimum atomic E-state index is -1.09. The number of fused-ring (bicyclic) bond motifs is 1. The van der Waals surface area contributed by atoms with E-state index >= 15 is 0 Å². The first-order chi connectivity index (χ1) is 12.3. The topological polar surface area (TPSA) is 76.6 Å². The van der Waals surface area contributed by atoms with Crippen molar-refractivity contribution in [2.24, 2.45) is 18.1 Å². The van der Waals surface area contributed by atoms with Crippen LogP contribution in [0.25, 0.3) is 0 Å². The molecule has 132 valence electrons. The van der Waals surface area contributed by atoms with Crippen LogP contribution in [0.3, 0.4) is 0 Å². The highest BCUT2D eigenvalue weighted by Crippen LogP contribution is 2.36. The minimum Gasteiger partial charge on any atom is -0.546 e. The van der Waals surface area contributed by atoms with Gasteiger partial charge in [0.1, 0.15) is 18.5 Å². The summed E-state index contributed by atoms with van der Waals surface area (Å²) in [6, 6.07) is 6.61. The van der Waals surface area contributed by atoms with Gasteiger partial charge in [-0.25, -0.2) is 0 Å². The third-order valence-electron chi connectivity index (χ3n) is 4.44. The van der Waals surface area contributed by atoms with E-state index in [4.69, 9.17) is 0 Å². The van der Waals surface area contributed by atoms with Crippen LogP contribution < -0.4 is 4.57 Å². The van der Waals surface area contributed by atoms with Gasteiger partial charge in [-0.3, -0.25) is 4.79 Å². The van der Waals surface area contributed by atoms with Crippen LogP contribution in [0.5, 0.6) is 0 Å². The second-order valence-electron chi connectivity index (χ2n) is 6.05. The molecule has 2 aliphatic rings. The van der Waals surface area contributed by atoms with Crippen LogP contribution in [-0.4, -0.2) is 45.3 Å². The monoisotopic (exact) mass is 351 g/mol. The Labute approximate surface area is 151 Å². The summed E-state index contributed by atoms with van der Waals surface area (Å²) in [6.07, 6.45) is 6.32. The van der Waals surface area contributed by atoms with Crippen molar-refractivity contribution in [1.82, 2.24) is 0 Å². The van der Waals surface area contributed by atoms with Crippen molar-refractivity contribution in [3.05, 3.63) is 60.3 Å². The number of rotatable bonds is 3. The predicted molar refractivity (Wildman–Crippen MR) is 95.0 cm³/mol. The molecule has 1 aliphatic carbocycles. The summed E-state index contributed by atoms with van der Waals surface area (Å²) >= 11 is 0. The van der Waals surface area contributed by atoms with Crippen LogP contribution in [0.15, 0.2) is 53.3 Å². The molecule has 7 heteroatoms. The molecular weight excluding hydrogens is 332 g/mol. The van der Waals surface area contributed by atoms with E-state index in [1.54, 1.807) is 13.0 Å². The van der Waals surface area contributed by atoms with Crippen molar-refractivity contribution < 1.29 is 28.5 Å². The van der Waals surface area contributed by atoms with Crippen molar-refractivity contribution in [2.75, 3.05) is 0 Å².